The van der Waals surface area contributed by atoms with E-state index in [1.165, 1.54) is 27.2 Å². The van der Waals surface area contributed by atoms with E-state index in [1.807, 2.05) is 31.2 Å². The molecule has 2 amide bonds. The molecule has 4 atom stereocenters. The second kappa shape index (κ2) is 9.72. The zero-order valence-corrected chi connectivity index (χ0v) is 20.0. The third kappa shape index (κ3) is 4.64. The lowest BCUT2D eigenvalue weighted by molar-refractivity contribution is -0.149. The van der Waals surface area contributed by atoms with Crippen molar-refractivity contribution in [3.05, 3.63) is 59.7 Å². The molecule has 2 N–H and O–H groups in total. The number of carbonyl (C=O) groups is 3. The van der Waals surface area contributed by atoms with E-state index in [0.717, 1.165) is 19.3 Å². The standard InChI is InChI=1S/C28H32N2O5/c1-17-12-13-30(26(17)27(32)33)25(31)15-18-10-11-19(14-18)29-28(34)35-16-24-22-8-4-2-6-20(22)21-7-3-5-9-23(21)24/h2-9,17-19,24,26H,10-16H2,1H3,(H,29,34)(H,32,33)/t17?,18-,19+,26?/m1/s1. The predicted molar refractivity (Wildman–Crippen MR) is 131 cm³/mol. The quantitative estimate of drug-likeness (QED) is 0.644. The molecule has 2 aliphatic carbocycles. The van der Waals surface area contributed by atoms with Crippen LogP contribution in [-0.4, -0.2) is 53.2 Å². The molecule has 0 spiro atoms. The highest BCUT2D eigenvalue weighted by Crippen LogP contribution is 2.44. The first-order valence-corrected chi connectivity index (χ1v) is 12.6. The van der Waals surface area contributed by atoms with E-state index in [1.54, 1.807) is 0 Å². The van der Waals surface area contributed by atoms with E-state index in [2.05, 4.69) is 29.6 Å². The number of likely N-dealkylation sites (tertiary alicyclic amines) is 1. The highest BCUT2D eigenvalue weighted by molar-refractivity contribution is 5.84. The van der Waals surface area contributed by atoms with Gasteiger partial charge in [0, 0.05) is 24.9 Å². The van der Waals surface area contributed by atoms with Gasteiger partial charge in [0.15, 0.2) is 0 Å². The van der Waals surface area contributed by atoms with Gasteiger partial charge in [0.1, 0.15) is 12.6 Å². The number of alkyl carbamates (subject to hydrolysis) is 1. The molecule has 1 saturated carbocycles. The number of fused-ring (bicyclic) bond motifs is 3. The highest BCUT2D eigenvalue weighted by atomic mass is 16.5. The van der Waals surface area contributed by atoms with Crippen molar-refractivity contribution in [2.75, 3.05) is 13.2 Å². The van der Waals surface area contributed by atoms with Crippen LogP contribution in [0.1, 0.15) is 56.1 Å². The number of amides is 2. The molecule has 0 radical (unpaired) electrons. The SMILES string of the molecule is CC1CCN(C(=O)C[C@@H]2CC[C@H](NC(=O)OCC3c4ccccc4-c4ccccc43)C2)C1C(=O)O. The number of nitrogens with zero attached hydrogens (tertiary/aromatic N) is 1. The molecule has 0 bridgehead atoms. The van der Waals surface area contributed by atoms with Crippen LogP contribution in [0, 0.1) is 11.8 Å². The number of carboxylic acids is 1. The molecule has 2 aromatic rings. The van der Waals surface area contributed by atoms with Crippen molar-refractivity contribution >= 4 is 18.0 Å². The summed E-state index contributed by atoms with van der Waals surface area (Å²) < 4.78 is 5.66. The average Bonchev–Trinajstić information content (AvgIpc) is 3.53. The van der Waals surface area contributed by atoms with Crippen molar-refractivity contribution in [3.63, 3.8) is 0 Å². The van der Waals surface area contributed by atoms with E-state index in [0.29, 0.717) is 19.4 Å². The molecule has 2 fully saturated rings. The van der Waals surface area contributed by atoms with Crippen molar-refractivity contribution in [2.24, 2.45) is 11.8 Å². The minimum atomic E-state index is -0.926. The molecule has 1 heterocycles. The summed E-state index contributed by atoms with van der Waals surface area (Å²) in [5.41, 5.74) is 4.74. The predicted octanol–water partition coefficient (Wildman–Crippen LogP) is 4.41. The molecule has 184 valence electrons. The summed E-state index contributed by atoms with van der Waals surface area (Å²) in [4.78, 5) is 38.5. The first kappa shape index (κ1) is 23.4. The van der Waals surface area contributed by atoms with Crippen LogP contribution in [0.4, 0.5) is 4.79 Å². The third-order valence-corrected chi connectivity index (χ3v) is 7.94. The zero-order valence-electron chi connectivity index (χ0n) is 20.0. The van der Waals surface area contributed by atoms with Gasteiger partial charge in [-0.1, -0.05) is 55.5 Å². The van der Waals surface area contributed by atoms with Crippen LogP contribution in [0.3, 0.4) is 0 Å². The molecular weight excluding hydrogens is 444 g/mol. The van der Waals surface area contributed by atoms with Gasteiger partial charge in [-0.2, -0.15) is 0 Å². The van der Waals surface area contributed by atoms with Crippen molar-refractivity contribution < 1.29 is 24.2 Å². The maximum Gasteiger partial charge on any atom is 0.407 e. The molecule has 1 saturated heterocycles. The van der Waals surface area contributed by atoms with E-state index < -0.39 is 18.1 Å². The fourth-order valence-electron chi connectivity index (χ4n) is 6.17. The Hall–Kier alpha value is -3.35. The Bertz CT molecular complexity index is 1090. The number of nitrogens with one attached hydrogen (secondary N) is 1. The highest BCUT2D eigenvalue weighted by Gasteiger charge is 2.40. The first-order chi connectivity index (χ1) is 16.9. The Morgan fingerprint density at radius 1 is 1.00 bits per heavy atom. The van der Waals surface area contributed by atoms with Gasteiger partial charge in [-0.3, -0.25) is 4.79 Å². The summed E-state index contributed by atoms with van der Waals surface area (Å²) in [6, 6.07) is 15.7. The van der Waals surface area contributed by atoms with Crippen molar-refractivity contribution in [3.8, 4) is 11.1 Å². The first-order valence-electron chi connectivity index (χ1n) is 12.6. The van der Waals surface area contributed by atoms with Gasteiger partial charge < -0.3 is 20.1 Å². The Balaban J connectivity index is 1.12. The van der Waals surface area contributed by atoms with Crippen LogP contribution in [0.15, 0.2) is 48.5 Å². The van der Waals surface area contributed by atoms with Crippen LogP contribution in [0.5, 0.6) is 0 Å². The van der Waals surface area contributed by atoms with E-state index in [4.69, 9.17) is 4.74 Å². The van der Waals surface area contributed by atoms with Gasteiger partial charge in [-0.05, 0) is 59.8 Å². The van der Waals surface area contributed by atoms with Crippen LogP contribution in [0.2, 0.25) is 0 Å². The monoisotopic (exact) mass is 476 g/mol. The van der Waals surface area contributed by atoms with E-state index in [-0.39, 0.29) is 36.3 Å². The fourth-order valence-corrected chi connectivity index (χ4v) is 6.17. The Kier molecular flexibility index (Phi) is 6.50. The number of carbonyl (C=O) groups excluding carboxylic acids is 2. The summed E-state index contributed by atoms with van der Waals surface area (Å²) in [5.74, 6) is -0.875. The van der Waals surface area contributed by atoms with Gasteiger partial charge in [-0.15, -0.1) is 0 Å². The zero-order chi connectivity index (χ0) is 24.5. The van der Waals surface area contributed by atoms with Crippen LogP contribution >= 0.6 is 0 Å². The molecular formula is C28H32N2O5. The number of hydrogen-bond donors (Lipinski definition) is 2. The molecule has 35 heavy (non-hydrogen) atoms. The lowest BCUT2D eigenvalue weighted by atomic mass is 9.98. The van der Waals surface area contributed by atoms with Crippen LogP contribution in [-0.2, 0) is 14.3 Å². The Labute approximate surface area is 205 Å². The van der Waals surface area contributed by atoms with Crippen LogP contribution < -0.4 is 5.32 Å². The lowest BCUT2D eigenvalue weighted by Gasteiger charge is -2.24. The molecule has 5 rings (SSSR count). The summed E-state index contributed by atoms with van der Waals surface area (Å²) in [5, 5.41) is 12.5. The van der Waals surface area contributed by atoms with E-state index in [9.17, 15) is 19.5 Å². The number of benzene rings is 2. The fraction of sp³-hybridized carbons (Fsp3) is 0.464. The topological polar surface area (TPSA) is 95.9 Å². The second-order valence-corrected chi connectivity index (χ2v) is 10.2. The molecule has 3 aliphatic rings. The summed E-state index contributed by atoms with van der Waals surface area (Å²) in [6.45, 7) is 2.67. The number of hydrogen-bond acceptors (Lipinski definition) is 4. The minimum absolute atomic E-state index is 0.0205. The Morgan fingerprint density at radius 3 is 2.31 bits per heavy atom. The summed E-state index contributed by atoms with van der Waals surface area (Å²) in [7, 11) is 0. The van der Waals surface area contributed by atoms with Crippen molar-refractivity contribution in [1.82, 2.24) is 10.2 Å². The lowest BCUT2D eigenvalue weighted by Crippen LogP contribution is -2.43. The average molecular weight is 477 g/mol. The Morgan fingerprint density at radius 2 is 1.66 bits per heavy atom. The van der Waals surface area contributed by atoms with Gasteiger partial charge in [0.25, 0.3) is 0 Å². The number of carboxylic acid groups (broad SMARTS) is 1. The second-order valence-electron chi connectivity index (χ2n) is 10.2. The number of rotatable bonds is 6. The molecule has 7 heteroatoms. The summed E-state index contributed by atoms with van der Waals surface area (Å²) in [6.07, 6.45) is 2.96. The summed E-state index contributed by atoms with van der Waals surface area (Å²) >= 11 is 0. The van der Waals surface area contributed by atoms with Crippen LogP contribution in [0.25, 0.3) is 11.1 Å². The van der Waals surface area contributed by atoms with Gasteiger partial charge in [-0.25, -0.2) is 9.59 Å². The van der Waals surface area contributed by atoms with Gasteiger partial charge in [0.05, 0.1) is 0 Å². The van der Waals surface area contributed by atoms with E-state index >= 15 is 0 Å². The normalized spacial score (nSPS) is 25.2. The minimum Gasteiger partial charge on any atom is -0.480 e. The third-order valence-electron chi connectivity index (χ3n) is 7.94. The van der Waals surface area contributed by atoms with Gasteiger partial charge >= 0.3 is 12.1 Å². The number of ether oxygens (including phenoxy) is 1. The maximum absolute atomic E-state index is 12.8. The smallest absolute Gasteiger partial charge is 0.407 e. The molecule has 2 unspecified atom stereocenters. The molecule has 0 aromatic heterocycles. The van der Waals surface area contributed by atoms with Crippen molar-refractivity contribution in [1.29, 1.82) is 0 Å². The van der Waals surface area contributed by atoms with Gasteiger partial charge in [0.2, 0.25) is 5.91 Å². The number of aliphatic carboxylic acids is 1. The molecule has 7 nitrogen and oxygen atoms in total. The molecule has 1 aliphatic heterocycles. The van der Waals surface area contributed by atoms with Crippen molar-refractivity contribution in [2.45, 2.75) is 57.0 Å². The molecule has 2 aromatic carbocycles. The largest absolute Gasteiger partial charge is 0.480 e. The maximum atomic E-state index is 12.8.